The first-order chi connectivity index (χ1) is 13.7. The number of carbonyl (C=O) groups is 1. The first kappa shape index (κ1) is 18.8. The molecule has 1 N–H and O–H groups in total. The summed E-state index contributed by atoms with van der Waals surface area (Å²) < 4.78 is 1.84. The quantitative estimate of drug-likeness (QED) is 0.696. The number of hydrogen-bond donors (Lipinski definition) is 1. The average Bonchev–Trinajstić information content (AvgIpc) is 3.39. The molecule has 0 saturated carbocycles. The number of hydrogen-bond acceptors (Lipinski definition) is 5. The van der Waals surface area contributed by atoms with Crippen LogP contribution in [0.1, 0.15) is 39.8 Å². The van der Waals surface area contributed by atoms with Crippen molar-refractivity contribution in [3.05, 3.63) is 70.4 Å². The molecule has 0 aromatic carbocycles. The molecule has 1 saturated heterocycles. The Morgan fingerprint density at radius 3 is 3.00 bits per heavy atom. The van der Waals surface area contributed by atoms with Gasteiger partial charge in [0.2, 0.25) is 0 Å². The number of nitrogens with one attached hydrogen (secondary N) is 1. The van der Waals surface area contributed by atoms with Gasteiger partial charge in [-0.05, 0) is 48.9 Å². The minimum atomic E-state index is -0.0903. The van der Waals surface area contributed by atoms with Gasteiger partial charge in [0.1, 0.15) is 0 Å². The van der Waals surface area contributed by atoms with Crippen LogP contribution in [0.5, 0.6) is 0 Å². The molecular weight excluding hydrogens is 370 g/mol. The van der Waals surface area contributed by atoms with Crippen molar-refractivity contribution in [2.24, 2.45) is 13.0 Å². The lowest BCUT2D eigenvalue weighted by atomic mass is 9.88. The van der Waals surface area contributed by atoms with Crippen LogP contribution in [0.25, 0.3) is 0 Å². The van der Waals surface area contributed by atoms with E-state index in [1.54, 1.807) is 6.20 Å². The molecule has 146 valence electrons. The minimum absolute atomic E-state index is 0.0185. The highest BCUT2D eigenvalue weighted by Gasteiger charge is 2.31. The second-order valence-electron chi connectivity index (χ2n) is 7.34. The Labute approximate surface area is 169 Å². The van der Waals surface area contributed by atoms with Crippen LogP contribution in [-0.2, 0) is 13.6 Å². The van der Waals surface area contributed by atoms with E-state index in [4.69, 9.17) is 0 Å². The maximum Gasteiger partial charge on any atom is 0.261 e. The molecule has 3 aromatic rings. The summed E-state index contributed by atoms with van der Waals surface area (Å²) in [7, 11) is 1.94. The van der Waals surface area contributed by atoms with Crippen LogP contribution in [0, 0.1) is 5.92 Å². The summed E-state index contributed by atoms with van der Waals surface area (Å²) in [4.78, 5) is 20.5. The minimum Gasteiger partial charge on any atom is -0.343 e. The van der Waals surface area contributed by atoms with Gasteiger partial charge in [-0.15, -0.1) is 11.3 Å². The van der Waals surface area contributed by atoms with Gasteiger partial charge < -0.3 is 5.32 Å². The number of pyridine rings is 1. The molecule has 0 aliphatic carbocycles. The van der Waals surface area contributed by atoms with Crippen molar-refractivity contribution in [3.8, 4) is 0 Å². The van der Waals surface area contributed by atoms with Crippen molar-refractivity contribution in [2.45, 2.75) is 25.4 Å². The third-order valence-electron chi connectivity index (χ3n) is 5.22. The summed E-state index contributed by atoms with van der Waals surface area (Å²) in [6.07, 6.45) is 7.99. The Morgan fingerprint density at radius 1 is 1.36 bits per heavy atom. The van der Waals surface area contributed by atoms with E-state index in [9.17, 15) is 4.79 Å². The van der Waals surface area contributed by atoms with Gasteiger partial charge in [-0.2, -0.15) is 5.10 Å². The number of nitrogens with zero attached hydrogens (tertiary/aromatic N) is 4. The lowest BCUT2D eigenvalue weighted by Crippen LogP contribution is -2.42. The van der Waals surface area contributed by atoms with Crippen LogP contribution in [0.4, 0.5) is 0 Å². The molecule has 0 unspecified atom stereocenters. The molecule has 6 nitrogen and oxygen atoms in total. The zero-order chi connectivity index (χ0) is 19.3. The normalized spacial score (nSPS) is 18.7. The third-order valence-corrected chi connectivity index (χ3v) is 6.08. The van der Waals surface area contributed by atoms with Crippen LogP contribution >= 0.6 is 11.3 Å². The number of likely N-dealkylation sites (tertiary alicyclic amines) is 1. The Bertz CT molecular complexity index is 893. The number of aryl methyl sites for hydroxylation is 1. The molecule has 1 fully saturated rings. The van der Waals surface area contributed by atoms with Gasteiger partial charge in [0.15, 0.2) is 0 Å². The molecule has 1 aliphatic rings. The highest BCUT2D eigenvalue weighted by atomic mass is 32.1. The Kier molecular flexibility index (Phi) is 5.83. The molecule has 28 heavy (non-hydrogen) atoms. The van der Waals surface area contributed by atoms with Crippen molar-refractivity contribution in [2.75, 3.05) is 13.1 Å². The van der Waals surface area contributed by atoms with E-state index in [0.29, 0.717) is 5.92 Å². The number of aromatic nitrogens is 3. The maximum absolute atomic E-state index is 12.8. The predicted molar refractivity (Wildman–Crippen MR) is 110 cm³/mol. The zero-order valence-corrected chi connectivity index (χ0v) is 16.8. The highest BCUT2D eigenvalue weighted by molar-refractivity contribution is 7.12. The molecular formula is C21H25N5OS. The van der Waals surface area contributed by atoms with Crippen LogP contribution in [0.2, 0.25) is 0 Å². The topological polar surface area (TPSA) is 63.0 Å². The summed E-state index contributed by atoms with van der Waals surface area (Å²) in [5.74, 6) is 0.305. The van der Waals surface area contributed by atoms with E-state index >= 15 is 0 Å². The molecule has 4 heterocycles. The smallest absolute Gasteiger partial charge is 0.261 e. The molecule has 2 atom stereocenters. The van der Waals surface area contributed by atoms with Crippen LogP contribution in [0.3, 0.4) is 0 Å². The monoisotopic (exact) mass is 395 g/mol. The van der Waals surface area contributed by atoms with E-state index in [0.717, 1.165) is 43.0 Å². The number of thiophene rings is 1. The lowest BCUT2D eigenvalue weighted by molar-refractivity contribution is 0.0879. The largest absolute Gasteiger partial charge is 0.343 e. The maximum atomic E-state index is 12.8. The predicted octanol–water partition coefficient (Wildman–Crippen LogP) is 3.26. The fourth-order valence-electron chi connectivity index (χ4n) is 3.93. The standard InChI is InChI=1S/C21H25N5OS/c1-25-13-16(12-23-25)14-26-10-4-6-17(15-26)20(18-7-2-3-9-22-18)24-21(27)19-8-5-11-28-19/h2-3,5,7-9,11-13,17,20H,4,6,10,14-15H2,1H3,(H,24,27)/t17-,20-/m1/s1. The van der Waals surface area contributed by atoms with Gasteiger partial charge in [-0.3, -0.25) is 19.4 Å². The van der Waals surface area contributed by atoms with Crippen molar-refractivity contribution >= 4 is 17.2 Å². The highest BCUT2D eigenvalue weighted by Crippen LogP contribution is 2.30. The van der Waals surface area contributed by atoms with Crippen molar-refractivity contribution < 1.29 is 4.79 Å². The van der Waals surface area contributed by atoms with Crippen molar-refractivity contribution in [1.29, 1.82) is 0 Å². The number of rotatable bonds is 6. The molecule has 1 aliphatic heterocycles. The molecule has 0 bridgehead atoms. The molecule has 0 radical (unpaired) electrons. The number of piperidine rings is 1. The van der Waals surface area contributed by atoms with Gasteiger partial charge in [0.05, 0.1) is 22.8 Å². The third kappa shape index (κ3) is 4.48. The fraction of sp³-hybridized carbons (Fsp3) is 0.381. The van der Waals surface area contributed by atoms with Crippen molar-refractivity contribution in [3.63, 3.8) is 0 Å². The van der Waals surface area contributed by atoms with E-state index in [-0.39, 0.29) is 11.9 Å². The molecule has 3 aromatic heterocycles. The summed E-state index contributed by atoms with van der Waals surface area (Å²) in [6, 6.07) is 9.60. The molecule has 4 rings (SSSR count). The lowest BCUT2D eigenvalue weighted by Gasteiger charge is -2.37. The van der Waals surface area contributed by atoms with Gasteiger partial charge >= 0.3 is 0 Å². The van der Waals surface area contributed by atoms with Gasteiger partial charge in [-0.1, -0.05) is 12.1 Å². The van der Waals surface area contributed by atoms with Gasteiger partial charge in [-0.25, -0.2) is 0 Å². The van der Waals surface area contributed by atoms with E-state index in [2.05, 4.69) is 26.5 Å². The fourth-order valence-corrected chi connectivity index (χ4v) is 4.56. The first-order valence-corrected chi connectivity index (χ1v) is 10.5. The SMILES string of the molecule is Cn1cc(CN2CCC[C@@H]([C@@H](NC(=O)c3cccs3)c3ccccn3)C2)cn1. The van der Waals surface area contributed by atoms with Gasteiger partial charge in [0.25, 0.3) is 5.91 Å². The van der Waals surface area contributed by atoms with E-state index < -0.39 is 0 Å². The number of amides is 1. The zero-order valence-electron chi connectivity index (χ0n) is 16.0. The second kappa shape index (κ2) is 8.67. The van der Waals surface area contributed by atoms with E-state index in [1.807, 2.05) is 53.6 Å². The van der Waals surface area contributed by atoms with Crippen LogP contribution in [0.15, 0.2) is 54.3 Å². The molecule has 0 spiro atoms. The number of carbonyl (C=O) groups excluding carboxylic acids is 1. The second-order valence-corrected chi connectivity index (χ2v) is 8.29. The van der Waals surface area contributed by atoms with Gasteiger partial charge in [0, 0.05) is 38.1 Å². The summed E-state index contributed by atoms with van der Waals surface area (Å²) in [5.41, 5.74) is 2.15. The van der Waals surface area contributed by atoms with Crippen molar-refractivity contribution in [1.82, 2.24) is 25.0 Å². The molecule has 7 heteroatoms. The van der Waals surface area contributed by atoms with E-state index in [1.165, 1.54) is 16.9 Å². The van der Waals surface area contributed by atoms with Crippen LogP contribution < -0.4 is 5.32 Å². The average molecular weight is 396 g/mol. The van der Waals surface area contributed by atoms with Crippen LogP contribution in [-0.4, -0.2) is 38.7 Å². The first-order valence-electron chi connectivity index (χ1n) is 9.64. The summed E-state index contributed by atoms with van der Waals surface area (Å²) in [5, 5.41) is 9.47. The molecule has 1 amide bonds. The Morgan fingerprint density at radius 2 is 2.29 bits per heavy atom. The summed E-state index contributed by atoms with van der Waals surface area (Å²) >= 11 is 1.47. The Balaban J connectivity index is 1.51. The summed E-state index contributed by atoms with van der Waals surface area (Å²) in [6.45, 7) is 2.89. The Hall–Kier alpha value is -2.51.